The smallest absolute Gasteiger partial charge is 0.0713 e. The van der Waals surface area contributed by atoms with Crippen molar-refractivity contribution in [3.05, 3.63) is 35.4 Å². The molecule has 3 nitrogen and oxygen atoms in total. The topological polar surface area (TPSA) is 38.3 Å². The molecule has 1 N–H and O–H groups in total. The van der Waals surface area contributed by atoms with Crippen LogP contribution in [0.3, 0.4) is 0 Å². The maximum atomic E-state index is 10.9. The zero-order valence-electron chi connectivity index (χ0n) is 10.6. The highest BCUT2D eigenvalue weighted by Gasteiger charge is 1.96. The Bertz CT molecular complexity index is 355. The third-order valence-corrected chi connectivity index (χ3v) is 3.28. The first-order chi connectivity index (χ1) is 8.22. The first-order valence-electron chi connectivity index (χ1n) is 5.80. The molecule has 0 spiro atoms. The van der Waals surface area contributed by atoms with Gasteiger partial charge >= 0.3 is 0 Å². The van der Waals surface area contributed by atoms with Crippen LogP contribution in [-0.4, -0.2) is 29.9 Å². The summed E-state index contributed by atoms with van der Waals surface area (Å²) in [6, 6.07) is 8.36. The molecule has 0 aromatic heterocycles. The lowest BCUT2D eigenvalue weighted by Crippen LogP contribution is -2.16. The van der Waals surface area contributed by atoms with E-state index in [9.17, 15) is 4.21 Å². The standard InChI is InChI=1S/C13H21NO2S/c1-16-11-13-6-3-5-12(9-13)10-14-7-4-8-17(2)15/h3,5-6,9,14H,4,7-8,10-11H2,1-2H3. The summed E-state index contributed by atoms with van der Waals surface area (Å²) in [4.78, 5) is 0. The van der Waals surface area contributed by atoms with E-state index < -0.39 is 10.8 Å². The van der Waals surface area contributed by atoms with Gasteiger partial charge in [0.2, 0.25) is 0 Å². The fraction of sp³-hybridized carbons (Fsp3) is 0.538. The van der Waals surface area contributed by atoms with Gasteiger partial charge in [0.15, 0.2) is 0 Å². The average molecular weight is 255 g/mol. The van der Waals surface area contributed by atoms with Crippen LogP contribution in [0.1, 0.15) is 17.5 Å². The second-order valence-corrected chi connectivity index (χ2v) is 5.62. The average Bonchev–Trinajstić information content (AvgIpc) is 2.29. The summed E-state index contributed by atoms with van der Waals surface area (Å²) in [7, 11) is 1.03. The van der Waals surface area contributed by atoms with Gasteiger partial charge in [-0.2, -0.15) is 0 Å². The molecule has 1 rings (SSSR count). The van der Waals surface area contributed by atoms with E-state index >= 15 is 0 Å². The Balaban J connectivity index is 2.26. The molecule has 1 aromatic carbocycles. The fourth-order valence-corrected chi connectivity index (χ4v) is 2.18. The minimum atomic E-state index is -0.676. The highest BCUT2D eigenvalue weighted by molar-refractivity contribution is 7.84. The number of nitrogens with one attached hydrogen (secondary N) is 1. The molecule has 1 unspecified atom stereocenters. The van der Waals surface area contributed by atoms with Crippen molar-refractivity contribution in [3.8, 4) is 0 Å². The first-order valence-corrected chi connectivity index (χ1v) is 7.52. The molecular weight excluding hydrogens is 234 g/mol. The van der Waals surface area contributed by atoms with E-state index in [0.717, 1.165) is 25.3 Å². The van der Waals surface area contributed by atoms with Gasteiger partial charge in [-0.25, -0.2) is 0 Å². The lowest BCUT2D eigenvalue weighted by atomic mass is 10.1. The quantitative estimate of drug-likeness (QED) is 0.718. The molecule has 0 bridgehead atoms. The lowest BCUT2D eigenvalue weighted by molar-refractivity contribution is 0.185. The summed E-state index contributed by atoms with van der Waals surface area (Å²) in [6.07, 6.45) is 2.70. The molecule has 0 heterocycles. The highest BCUT2D eigenvalue weighted by atomic mass is 32.2. The predicted molar refractivity (Wildman–Crippen MR) is 72.4 cm³/mol. The van der Waals surface area contributed by atoms with Crippen LogP contribution in [0.5, 0.6) is 0 Å². The highest BCUT2D eigenvalue weighted by Crippen LogP contribution is 2.06. The van der Waals surface area contributed by atoms with Gasteiger partial charge in [0.05, 0.1) is 6.61 Å². The summed E-state index contributed by atoms with van der Waals surface area (Å²) in [6.45, 7) is 2.42. The van der Waals surface area contributed by atoms with Gasteiger partial charge in [-0.1, -0.05) is 24.3 Å². The van der Waals surface area contributed by atoms with Crippen molar-refractivity contribution >= 4 is 10.8 Å². The molecule has 1 atom stereocenters. The van der Waals surface area contributed by atoms with Gasteiger partial charge in [0.1, 0.15) is 0 Å². The van der Waals surface area contributed by atoms with Crippen LogP contribution in [0, 0.1) is 0 Å². The van der Waals surface area contributed by atoms with E-state index in [1.165, 1.54) is 11.1 Å². The van der Waals surface area contributed by atoms with Crippen LogP contribution in [0.4, 0.5) is 0 Å². The van der Waals surface area contributed by atoms with Gasteiger partial charge in [0, 0.05) is 36.5 Å². The molecule has 0 fully saturated rings. The molecule has 0 saturated heterocycles. The van der Waals surface area contributed by atoms with Gasteiger partial charge in [0.25, 0.3) is 0 Å². The van der Waals surface area contributed by atoms with Gasteiger partial charge < -0.3 is 10.1 Å². The number of ether oxygens (including phenoxy) is 1. The Labute approximate surface area is 106 Å². The molecule has 0 aliphatic heterocycles. The maximum absolute atomic E-state index is 10.9. The molecule has 4 heteroatoms. The van der Waals surface area contributed by atoms with Crippen LogP contribution < -0.4 is 5.32 Å². The van der Waals surface area contributed by atoms with Crippen molar-refractivity contribution in [1.82, 2.24) is 5.32 Å². The van der Waals surface area contributed by atoms with E-state index in [1.54, 1.807) is 13.4 Å². The SMILES string of the molecule is COCc1cccc(CNCCCS(C)=O)c1. The normalized spacial score (nSPS) is 12.6. The summed E-state index contributed by atoms with van der Waals surface area (Å²) < 4.78 is 16.0. The molecule has 0 saturated carbocycles. The molecule has 1 aromatic rings. The molecular formula is C13H21NO2S. The van der Waals surface area contributed by atoms with E-state index in [2.05, 4.69) is 23.5 Å². The van der Waals surface area contributed by atoms with Crippen molar-refractivity contribution in [2.24, 2.45) is 0 Å². The van der Waals surface area contributed by atoms with Crippen LogP contribution in [0.2, 0.25) is 0 Å². The summed E-state index contributed by atoms with van der Waals surface area (Å²) in [5.41, 5.74) is 2.46. The van der Waals surface area contributed by atoms with Crippen molar-refractivity contribution < 1.29 is 8.95 Å². The monoisotopic (exact) mass is 255 g/mol. The Morgan fingerprint density at radius 2 is 2.12 bits per heavy atom. The first kappa shape index (κ1) is 14.4. The second kappa shape index (κ2) is 8.39. The van der Waals surface area contributed by atoms with E-state index in [0.29, 0.717) is 6.61 Å². The number of rotatable bonds is 8. The summed E-state index contributed by atoms with van der Waals surface area (Å²) >= 11 is 0. The zero-order chi connectivity index (χ0) is 12.5. The minimum absolute atomic E-state index is 0.655. The third-order valence-electron chi connectivity index (χ3n) is 2.42. The Kier molecular flexibility index (Phi) is 7.08. The molecule has 0 aliphatic carbocycles. The van der Waals surface area contributed by atoms with E-state index in [-0.39, 0.29) is 0 Å². The largest absolute Gasteiger partial charge is 0.380 e. The van der Waals surface area contributed by atoms with Gasteiger partial charge in [-0.05, 0) is 24.1 Å². The van der Waals surface area contributed by atoms with Gasteiger partial charge in [-0.3, -0.25) is 4.21 Å². The molecule has 96 valence electrons. The molecule has 17 heavy (non-hydrogen) atoms. The summed E-state index contributed by atoms with van der Waals surface area (Å²) in [5.74, 6) is 0.775. The molecule has 0 amide bonds. The Morgan fingerprint density at radius 1 is 1.35 bits per heavy atom. The predicted octanol–water partition coefficient (Wildman–Crippen LogP) is 1.69. The number of hydrogen-bond acceptors (Lipinski definition) is 3. The molecule has 0 radical (unpaired) electrons. The Hall–Kier alpha value is -0.710. The molecule has 0 aliphatic rings. The fourth-order valence-electron chi connectivity index (χ4n) is 1.63. The Morgan fingerprint density at radius 3 is 2.82 bits per heavy atom. The van der Waals surface area contributed by atoms with Gasteiger partial charge in [-0.15, -0.1) is 0 Å². The van der Waals surface area contributed by atoms with Crippen molar-refractivity contribution in [2.75, 3.05) is 25.7 Å². The van der Waals surface area contributed by atoms with E-state index in [4.69, 9.17) is 4.74 Å². The van der Waals surface area contributed by atoms with Crippen LogP contribution in [-0.2, 0) is 28.7 Å². The minimum Gasteiger partial charge on any atom is -0.380 e. The van der Waals surface area contributed by atoms with E-state index in [1.807, 2.05) is 6.07 Å². The van der Waals surface area contributed by atoms with Crippen molar-refractivity contribution in [1.29, 1.82) is 0 Å². The van der Waals surface area contributed by atoms with Crippen LogP contribution in [0.25, 0.3) is 0 Å². The lowest BCUT2D eigenvalue weighted by Gasteiger charge is -2.06. The number of hydrogen-bond donors (Lipinski definition) is 1. The summed E-state index contributed by atoms with van der Waals surface area (Å²) in [5, 5.41) is 3.35. The second-order valence-electron chi connectivity index (χ2n) is 4.06. The number of benzene rings is 1. The van der Waals surface area contributed by atoms with Crippen LogP contribution >= 0.6 is 0 Å². The van der Waals surface area contributed by atoms with Crippen molar-refractivity contribution in [3.63, 3.8) is 0 Å². The zero-order valence-corrected chi connectivity index (χ0v) is 11.4. The third kappa shape index (κ3) is 6.56. The van der Waals surface area contributed by atoms with Crippen molar-refractivity contribution in [2.45, 2.75) is 19.6 Å². The van der Waals surface area contributed by atoms with Crippen LogP contribution in [0.15, 0.2) is 24.3 Å². The number of methoxy groups -OCH3 is 1. The maximum Gasteiger partial charge on any atom is 0.0713 e.